The Hall–Kier alpha value is -4.03. The molecule has 1 fully saturated rings. The zero-order valence-electron chi connectivity index (χ0n) is 31.2. The number of halogens is 1. The third-order valence-corrected chi connectivity index (χ3v) is 15.4. The Balaban J connectivity index is 0.000000425. The van der Waals surface area contributed by atoms with E-state index < -0.39 is 15.8 Å². The van der Waals surface area contributed by atoms with Crippen LogP contribution in [0.3, 0.4) is 0 Å². The van der Waals surface area contributed by atoms with E-state index in [1.807, 2.05) is 17.3 Å². The Morgan fingerprint density at radius 2 is 0.839 bits per heavy atom. The van der Waals surface area contributed by atoms with Crippen LogP contribution in [0.4, 0.5) is 0 Å². The fraction of sp³-hybridized carbons (Fsp3) is 0.120. The van der Waals surface area contributed by atoms with Gasteiger partial charge in [-0.3, -0.25) is 0 Å². The summed E-state index contributed by atoms with van der Waals surface area (Å²) < 4.78 is 0. The maximum atomic E-state index is 5.65. The fourth-order valence-electron chi connectivity index (χ4n) is 7.72. The van der Waals surface area contributed by atoms with Crippen LogP contribution in [0, 0.1) is 0 Å². The summed E-state index contributed by atoms with van der Waals surface area (Å²) in [4.78, 5) is 0. The number of hydrogen-bond donors (Lipinski definition) is 2. The summed E-state index contributed by atoms with van der Waals surface area (Å²) in [6.45, 7) is 0. The number of rotatable bonds is 7. The minimum Gasteiger partial charge on any atom is -0.0622 e. The van der Waals surface area contributed by atoms with Crippen molar-refractivity contribution >= 4 is 78.9 Å². The molecule has 8 aromatic rings. The van der Waals surface area contributed by atoms with Gasteiger partial charge >= 0.3 is 27.0 Å². The maximum Gasteiger partial charge on any atom is -0.00155 e. The summed E-state index contributed by atoms with van der Waals surface area (Å²) in [6.07, 6.45) is 4.80. The predicted octanol–water partition coefficient (Wildman–Crippen LogP) is 10.1. The Morgan fingerprint density at radius 3 is 1.36 bits per heavy atom. The van der Waals surface area contributed by atoms with Gasteiger partial charge < -0.3 is 11.5 Å². The second kappa shape index (κ2) is 19.9. The SMILES string of the molecule is N[C@@H]1CCCC[C@H]1N.[Cl][Ru].c1ccc(P(c2ccccc2)c2ccc3cccc(-c4c(P(c5ccccc5)c5ccccc5)ccc5ccccc45)c3c2)cc1. The largest absolute Gasteiger partial charge is 0.0622 e. The van der Waals surface area contributed by atoms with Gasteiger partial charge in [0.2, 0.25) is 0 Å². The molecular formula is C50H46ClN2P2Ru. The third kappa shape index (κ3) is 9.23. The van der Waals surface area contributed by atoms with Crippen molar-refractivity contribution in [2.24, 2.45) is 11.5 Å². The summed E-state index contributed by atoms with van der Waals surface area (Å²) in [5.41, 5.74) is 13.9. The van der Waals surface area contributed by atoms with E-state index in [1.54, 1.807) is 0 Å². The molecule has 2 atom stereocenters. The third-order valence-electron chi connectivity index (χ3n) is 10.5. The van der Waals surface area contributed by atoms with E-state index in [2.05, 4.69) is 204 Å². The molecule has 6 heteroatoms. The van der Waals surface area contributed by atoms with E-state index in [4.69, 9.17) is 11.5 Å². The average molecular weight is 873 g/mol. The van der Waals surface area contributed by atoms with Gasteiger partial charge in [-0.05, 0) is 99.3 Å². The van der Waals surface area contributed by atoms with Crippen LogP contribution < -0.4 is 43.3 Å². The van der Waals surface area contributed by atoms with Gasteiger partial charge in [0.05, 0.1) is 0 Å². The van der Waals surface area contributed by atoms with Gasteiger partial charge in [0.15, 0.2) is 0 Å². The number of nitrogens with two attached hydrogens (primary N) is 2. The summed E-state index contributed by atoms with van der Waals surface area (Å²) >= 11 is 1.82. The van der Waals surface area contributed by atoms with Gasteiger partial charge in [0.25, 0.3) is 0 Å². The molecule has 0 amide bonds. The number of fused-ring (bicyclic) bond motifs is 2. The quantitative estimate of drug-likeness (QED) is 0.124. The molecule has 0 unspecified atom stereocenters. The Bertz CT molecular complexity index is 2360. The van der Waals surface area contributed by atoms with Gasteiger partial charge in [0, 0.05) is 12.1 Å². The molecule has 0 bridgehead atoms. The molecule has 0 saturated heterocycles. The molecule has 1 aliphatic rings. The molecule has 1 aliphatic carbocycles. The molecule has 4 N–H and O–H groups in total. The molecule has 1 saturated carbocycles. The smallest absolute Gasteiger partial charge is 0.00155 e. The number of hydrogen-bond acceptors (Lipinski definition) is 2. The Labute approximate surface area is 348 Å². The van der Waals surface area contributed by atoms with Crippen LogP contribution in [0.2, 0.25) is 0 Å². The van der Waals surface area contributed by atoms with Gasteiger partial charge in [-0.2, -0.15) is 0 Å². The minimum atomic E-state index is -0.807. The van der Waals surface area contributed by atoms with Crippen molar-refractivity contribution in [3.63, 3.8) is 0 Å². The van der Waals surface area contributed by atoms with E-state index in [-0.39, 0.29) is 12.1 Å². The predicted molar refractivity (Wildman–Crippen MR) is 245 cm³/mol. The molecule has 0 spiro atoms. The van der Waals surface area contributed by atoms with E-state index >= 15 is 0 Å². The minimum absolute atomic E-state index is 0.281. The first kappa shape index (κ1) is 40.2. The first-order valence-electron chi connectivity index (χ1n) is 19.2. The van der Waals surface area contributed by atoms with Crippen molar-refractivity contribution in [2.75, 3.05) is 0 Å². The second-order valence-electron chi connectivity index (χ2n) is 14.0. The van der Waals surface area contributed by atoms with E-state index in [0.29, 0.717) is 0 Å². The molecule has 0 radical (unpaired) electrons. The molecule has 281 valence electrons. The first-order valence-corrected chi connectivity index (χ1v) is 24.1. The van der Waals surface area contributed by atoms with Crippen LogP contribution in [-0.2, 0) is 17.3 Å². The molecular weight excluding hydrogens is 827 g/mol. The van der Waals surface area contributed by atoms with Crippen molar-refractivity contribution in [1.82, 2.24) is 0 Å². The van der Waals surface area contributed by atoms with Gasteiger partial charge in [-0.25, -0.2) is 0 Å². The van der Waals surface area contributed by atoms with Crippen LogP contribution in [0.25, 0.3) is 32.7 Å². The molecule has 9 rings (SSSR count). The zero-order chi connectivity index (χ0) is 38.7. The average Bonchev–Trinajstić information content (AvgIpc) is 3.27. The van der Waals surface area contributed by atoms with E-state index in [9.17, 15) is 0 Å². The monoisotopic (exact) mass is 873 g/mol. The number of benzene rings is 8. The van der Waals surface area contributed by atoms with Crippen LogP contribution in [0.1, 0.15) is 25.7 Å². The zero-order valence-corrected chi connectivity index (χ0v) is 35.5. The van der Waals surface area contributed by atoms with Crippen molar-refractivity contribution in [3.05, 3.63) is 194 Å². The van der Waals surface area contributed by atoms with Crippen LogP contribution in [-0.4, -0.2) is 12.1 Å². The van der Waals surface area contributed by atoms with E-state index in [1.165, 1.54) is 77.3 Å². The summed E-state index contributed by atoms with van der Waals surface area (Å²) in [5, 5.41) is 13.3. The maximum absolute atomic E-state index is 5.65. The molecule has 2 nitrogen and oxygen atoms in total. The second-order valence-corrected chi connectivity index (χ2v) is 18.4. The molecule has 56 heavy (non-hydrogen) atoms. The van der Waals surface area contributed by atoms with Crippen LogP contribution in [0.5, 0.6) is 0 Å². The molecule has 0 aliphatic heterocycles. The van der Waals surface area contributed by atoms with Gasteiger partial charge in [-0.15, -0.1) is 0 Å². The topological polar surface area (TPSA) is 52.0 Å². The molecule has 0 aromatic heterocycles. The summed E-state index contributed by atoms with van der Waals surface area (Å²) in [5.74, 6) is 0. The summed E-state index contributed by atoms with van der Waals surface area (Å²) in [7, 11) is 3.04. The molecule has 0 heterocycles. The van der Waals surface area contributed by atoms with Crippen molar-refractivity contribution in [3.8, 4) is 11.1 Å². The first-order chi connectivity index (χ1) is 27.7. The molecule has 8 aromatic carbocycles. The Kier molecular flexibility index (Phi) is 14.3. The van der Waals surface area contributed by atoms with Crippen LogP contribution >= 0.6 is 25.5 Å². The van der Waals surface area contributed by atoms with Gasteiger partial charge in [-0.1, -0.05) is 201 Å². The van der Waals surface area contributed by atoms with Gasteiger partial charge in [0.1, 0.15) is 0 Å². The van der Waals surface area contributed by atoms with Crippen molar-refractivity contribution in [1.29, 1.82) is 0 Å². The standard InChI is InChI=1S/C44H32P2.C6H14N2.ClH.Ru/c1-5-18-35(19-6-1)45(36-20-7-2-8-21-36)39-30-28-34-17-15-27-41(42(34)32-39)44-40-26-14-13-16-33(40)29-31-43(44)46(37-22-9-3-10-23-37)38-24-11-4-12-25-38;7-5-3-1-2-4-6(5)8;;/h1-32H;5-6H,1-4,7-8H2;1H;/q;;;+1/p-1/t;5-,6-;;/m.1../s1. The van der Waals surface area contributed by atoms with E-state index in [0.717, 1.165) is 12.8 Å². The van der Waals surface area contributed by atoms with Crippen molar-refractivity contribution < 1.29 is 17.3 Å². The fourth-order valence-corrected chi connectivity index (χ4v) is 12.5. The summed E-state index contributed by atoms with van der Waals surface area (Å²) in [6, 6.07) is 72.3. The van der Waals surface area contributed by atoms with Crippen molar-refractivity contribution in [2.45, 2.75) is 37.8 Å². The normalized spacial score (nSPS) is 15.2. The van der Waals surface area contributed by atoms with Crippen LogP contribution in [0.15, 0.2) is 194 Å². The Morgan fingerprint density at radius 1 is 0.411 bits per heavy atom.